The Morgan fingerprint density at radius 1 is 1.19 bits per heavy atom. The van der Waals surface area contributed by atoms with Crippen LogP contribution in [0, 0.1) is 3.57 Å². The van der Waals surface area contributed by atoms with E-state index in [0.29, 0.717) is 22.6 Å². The number of methoxy groups -OCH3 is 1. The number of fused-ring (bicyclic) bond motifs is 1. The molecule has 1 aromatic heterocycles. The Labute approximate surface area is 163 Å². The van der Waals surface area contributed by atoms with Crippen molar-refractivity contribution in [2.75, 3.05) is 19.0 Å². The van der Waals surface area contributed by atoms with E-state index in [1.165, 1.54) is 6.26 Å². The molecule has 0 atom stereocenters. The van der Waals surface area contributed by atoms with Gasteiger partial charge >= 0.3 is 5.97 Å². The summed E-state index contributed by atoms with van der Waals surface area (Å²) in [7, 11) is 1.57. The molecule has 1 amide bonds. The fourth-order valence-electron chi connectivity index (χ4n) is 2.44. The maximum Gasteiger partial charge on any atom is 0.310 e. The van der Waals surface area contributed by atoms with E-state index in [9.17, 15) is 9.59 Å². The molecule has 0 aliphatic carbocycles. The summed E-state index contributed by atoms with van der Waals surface area (Å²) in [6.45, 7) is -0.339. The number of carbonyl (C=O) groups excluding carboxylic acids is 2. The van der Waals surface area contributed by atoms with Crippen LogP contribution in [0.4, 0.5) is 5.69 Å². The Balaban J connectivity index is 1.55. The van der Waals surface area contributed by atoms with Gasteiger partial charge in [0.1, 0.15) is 11.3 Å². The molecule has 3 rings (SSSR count). The number of rotatable bonds is 6. The molecule has 1 heterocycles. The first-order valence-corrected chi connectivity index (χ1v) is 8.88. The van der Waals surface area contributed by atoms with Gasteiger partial charge < -0.3 is 19.2 Å². The average molecular weight is 465 g/mol. The van der Waals surface area contributed by atoms with E-state index in [1.807, 2.05) is 24.3 Å². The first kappa shape index (κ1) is 18.2. The van der Waals surface area contributed by atoms with Gasteiger partial charge in [-0.05, 0) is 52.9 Å². The molecule has 1 N–H and O–H groups in total. The lowest BCUT2D eigenvalue weighted by atomic mass is 10.1. The molecular weight excluding hydrogens is 449 g/mol. The number of anilines is 1. The molecule has 0 unspecified atom stereocenters. The molecule has 0 saturated carbocycles. The second-order valence-corrected chi connectivity index (χ2v) is 6.76. The Hall–Kier alpha value is -2.55. The van der Waals surface area contributed by atoms with E-state index in [0.717, 1.165) is 8.96 Å². The van der Waals surface area contributed by atoms with Crippen LogP contribution in [0.15, 0.2) is 53.1 Å². The molecule has 0 spiro atoms. The second kappa shape index (κ2) is 8.22. The van der Waals surface area contributed by atoms with Gasteiger partial charge in [-0.3, -0.25) is 9.59 Å². The van der Waals surface area contributed by atoms with Crippen molar-refractivity contribution in [3.63, 3.8) is 0 Å². The number of hydrogen-bond donors (Lipinski definition) is 1. The van der Waals surface area contributed by atoms with Crippen LogP contribution in [0.5, 0.6) is 5.75 Å². The lowest BCUT2D eigenvalue weighted by Crippen LogP contribution is -2.21. The third kappa shape index (κ3) is 4.54. The maximum absolute atomic E-state index is 12.0. The van der Waals surface area contributed by atoms with Gasteiger partial charge in [0.25, 0.3) is 5.91 Å². The average Bonchev–Trinajstić information content (AvgIpc) is 3.02. The third-order valence-electron chi connectivity index (χ3n) is 3.67. The summed E-state index contributed by atoms with van der Waals surface area (Å²) in [4.78, 5) is 23.9. The third-order valence-corrected chi connectivity index (χ3v) is 4.34. The van der Waals surface area contributed by atoms with E-state index in [1.54, 1.807) is 25.3 Å². The highest BCUT2D eigenvalue weighted by Gasteiger charge is 2.13. The van der Waals surface area contributed by atoms with Crippen molar-refractivity contribution in [3.8, 4) is 5.75 Å². The number of carbonyl (C=O) groups is 2. The zero-order valence-electron chi connectivity index (χ0n) is 14.0. The summed E-state index contributed by atoms with van der Waals surface area (Å²) in [5.74, 6) is -0.211. The van der Waals surface area contributed by atoms with Crippen molar-refractivity contribution in [1.82, 2.24) is 0 Å². The largest absolute Gasteiger partial charge is 0.497 e. The monoisotopic (exact) mass is 465 g/mol. The molecule has 7 heteroatoms. The number of ether oxygens (including phenoxy) is 2. The van der Waals surface area contributed by atoms with Crippen molar-refractivity contribution >= 4 is 51.1 Å². The smallest absolute Gasteiger partial charge is 0.310 e. The number of nitrogens with one attached hydrogen (secondary N) is 1. The number of halogens is 1. The van der Waals surface area contributed by atoms with Crippen LogP contribution in [0.3, 0.4) is 0 Å². The van der Waals surface area contributed by atoms with E-state index >= 15 is 0 Å². The highest BCUT2D eigenvalue weighted by molar-refractivity contribution is 14.1. The zero-order chi connectivity index (χ0) is 18.5. The number of furan rings is 1. The van der Waals surface area contributed by atoms with Crippen molar-refractivity contribution in [2.45, 2.75) is 6.42 Å². The van der Waals surface area contributed by atoms with Crippen LogP contribution in [-0.2, 0) is 20.7 Å². The van der Waals surface area contributed by atoms with Crippen LogP contribution >= 0.6 is 22.6 Å². The molecule has 0 aliphatic rings. The predicted molar refractivity (Wildman–Crippen MR) is 105 cm³/mol. The van der Waals surface area contributed by atoms with E-state index < -0.39 is 5.97 Å². The quantitative estimate of drug-likeness (QED) is 0.443. The Kier molecular flexibility index (Phi) is 5.77. The van der Waals surface area contributed by atoms with Gasteiger partial charge in [-0.1, -0.05) is 6.07 Å². The fraction of sp³-hybridized carbons (Fsp3) is 0.158. The molecule has 0 fully saturated rings. The van der Waals surface area contributed by atoms with E-state index in [-0.39, 0.29) is 18.9 Å². The van der Waals surface area contributed by atoms with Crippen molar-refractivity contribution in [3.05, 3.63) is 57.9 Å². The number of amides is 1. The van der Waals surface area contributed by atoms with Crippen molar-refractivity contribution in [1.29, 1.82) is 0 Å². The van der Waals surface area contributed by atoms with E-state index in [4.69, 9.17) is 13.9 Å². The van der Waals surface area contributed by atoms with Crippen molar-refractivity contribution in [2.24, 2.45) is 0 Å². The van der Waals surface area contributed by atoms with Gasteiger partial charge in [0, 0.05) is 26.3 Å². The molecule has 0 aliphatic heterocycles. The number of esters is 1. The molecule has 6 nitrogen and oxygen atoms in total. The minimum Gasteiger partial charge on any atom is -0.497 e. The SMILES string of the molecule is COc1ccc2c(CC(=O)OCC(=O)Nc3cccc(I)c3)coc2c1. The Morgan fingerprint density at radius 3 is 2.81 bits per heavy atom. The van der Waals surface area contributed by atoms with Crippen molar-refractivity contribution < 1.29 is 23.5 Å². The molecule has 26 heavy (non-hydrogen) atoms. The molecular formula is C19H16INO5. The van der Waals surface area contributed by atoms with Gasteiger partial charge in [-0.15, -0.1) is 0 Å². The zero-order valence-corrected chi connectivity index (χ0v) is 16.1. The number of hydrogen-bond acceptors (Lipinski definition) is 5. The van der Waals surface area contributed by atoms with Gasteiger partial charge in [0.05, 0.1) is 19.8 Å². The normalized spacial score (nSPS) is 10.5. The minimum atomic E-state index is -0.499. The first-order valence-electron chi connectivity index (χ1n) is 7.80. The standard InChI is InChI=1S/C19H16INO5/c1-24-15-5-6-16-12(10-25-17(16)9-15)7-19(23)26-11-18(22)21-14-4-2-3-13(20)8-14/h2-6,8-10H,7,11H2,1H3,(H,21,22). The van der Waals surface area contributed by atoms with Crippen LogP contribution in [0.25, 0.3) is 11.0 Å². The summed E-state index contributed by atoms with van der Waals surface area (Å²) in [6.07, 6.45) is 1.53. The summed E-state index contributed by atoms with van der Waals surface area (Å²) in [6, 6.07) is 12.7. The fourth-order valence-corrected chi connectivity index (χ4v) is 2.99. The van der Waals surface area contributed by atoms with Gasteiger partial charge in [0.2, 0.25) is 0 Å². The van der Waals surface area contributed by atoms with E-state index in [2.05, 4.69) is 27.9 Å². The summed E-state index contributed by atoms with van der Waals surface area (Å²) >= 11 is 2.15. The topological polar surface area (TPSA) is 77.8 Å². The Bertz CT molecular complexity index is 950. The van der Waals surface area contributed by atoms with Gasteiger partial charge in [0.15, 0.2) is 6.61 Å². The predicted octanol–water partition coefficient (Wildman–Crippen LogP) is 3.77. The van der Waals surface area contributed by atoms with Crippen LogP contribution in [-0.4, -0.2) is 25.6 Å². The lowest BCUT2D eigenvalue weighted by Gasteiger charge is -2.06. The molecule has 134 valence electrons. The number of benzene rings is 2. The highest BCUT2D eigenvalue weighted by atomic mass is 127. The molecule has 0 saturated heterocycles. The molecule has 3 aromatic rings. The van der Waals surface area contributed by atoms with Crippen LogP contribution in [0.1, 0.15) is 5.56 Å². The molecule has 0 radical (unpaired) electrons. The first-order chi connectivity index (χ1) is 12.5. The highest BCUT2D eigenvalue weighted by Crippen LogP contribution is 2.26. The van der Waals surface area contributed by atoms with Crippen LogP contribution in [0.2, 0.25) is 0 Å². The lowest BCUT2D eigenvalue weighted by molar-refractivity contribution is -0.146. The second-order valence-electron chi connectivity index (χ2n) is 5.52. The van der Waals surface area contributed by atoms with Gasteiger partial charge in [-0.25, -0.2) is 0 Å². The summed E-state index contributed by atoms with van der Waals surface area (Å²) in [5, 5.41) is 3.50. The molecule has 2 aromatic carbocycles. The maximum atomic E-state index is 12.0. The Morgan fingerprint density at radius 2 is 2.04 bits per heavy atom. The minimum absolute atomic E-state index is 0.0237. The van der Waals surface area contributed by atoms with Crippen LogP contribution < -0.4 is 10.1 Å². The summed E-state index contributed by atoms with van der Waals surface area (Å²) < 4.78 is 16.6. The van der Waals surface area contributed by atoms with Gasteiger partial charge in [-0.2, -0.15) is 0 Å². The summed E-state index contributed by atoms with van der Waals surface area (Å²) in [5.41, 5.74) is 1.99. The molecule has 0 bridgehead atoms.